The van der Waals surface area contributed by atoms with Crippen molar-refractivity contribution in [2.75, 3.05) is 13.1 Å². The van der Waals surface area contributed by atoms with Crippen LogP contribution in [0.3, 0.4) is 0 Å². The molecule has 1 aromatic heterocycles. The van der Waals surface area contributed by atoms with Crippen molar-refractivity contribution in [1.82, 2.24) is 9.62 Å². The van der Waals surface area contributed by atoms with Gasteiger partial charge in [0.05, 0.1) is 4.34 Å². The third-order valence-corrected chi connectivity index (χ3v) is 8.95. The average Bonchev–Trinajstić information content (AvgIpc) is 3.14. The lowest BCUT2D eigenvalue weighted by molar-refractivity contribution is -0.126. The fourth-order valence-corrected chi connectivity index (χ4v) is 6.56. The largest absolute Gasteiger partial charge is 0.352 e. The summed E-state index contributed by atoms with van der Waals surface area (Å²) in [5.74, 6) is 0.0507. The van der Waals surface area contributed by atoms with E-state index in [2.05, 4.69) is 5.32 Å². The number of sulfonamides is 1. The van der Waals surface area contributed by atoms with Gasteiger partial charge in [0.1, 0.15) is 4.21 Å². The number of amides is 1. The van der Waals surface area contributed by atoms with E-state index in [4.69, 9.17) is 11.6 Å². The molecule has 0 saturated carbocycles. The SMILES string of the molecule is Cc1ccc(CNC(=O)[C@H](C)C2CCN(S(=O)(=O)c3ccc(Cl)s3)CC2)cc1. The average molecular weight is 441 g/mol. The lowest BCUT2D eigenvalue weighted by Crippen LogP contribution is -2.42. The zero-order valence-electron chi connectivity index (χ0n) is 16.0. The predicted molar refractivity (Wildman–Crippen MR) is 113 cm³/mol. The van der Waals surface area contributed by atoms with Crippen LogP contribution in [0, 0.1) is 18.8 Å². The highest BCUT2D eigenvalue weighted by molar-refractivity contribution is 7.91. The van der Waals surface area contributed by atoms with Crippen molar-refractivity contribution in [2.24, 2.45) is 11.8 Å². The van der Waals surface area contributed by atoms with Crippen molar-refractivity contribution >= 4 is 38.9 Å². The summed E-state index contributed by atoms with van der Waals surface area (Å²) in [6, 6.07) is 11.2. The standard InChI is InChI=1S/C20H25ClN2O3S2/c1-14-3-5-16(6-4-14)13-22-20(24)15(2)17-9-11-23(12-10-17)28(25,26)19-8-7-18(21)27-19/h3-8,15,17H,9-13H2,1-2H3,(H,22,24)/t15-/m1/s1. The smallest absolute Gasteiger partial charge is 0.252 e. The van der Waals surface area contributed by atoms with Crippen LogP contribution in [0.4, 0.5) is 0 Å². The van der Waals surface area contributed by atoms with Gasteiger partial charge in [-0.25, -0.2) is 8.42 Å². The molecule has 8 heteroatoms. The van der Waals surface area contributed by atoms with Crippen molar-refractivity contribution in [1.29, 1.82) is 0 Å². The maximum absolute atomic E-state index is 12.7. The number of hydrogen-bond acceptors (Lipinski definition) is 4. The molecule has 3 rings (SSSR count). The Morgan fingerprint density at radius 2 is 1.86 bits per heavy atom. The van der Waals surface area contributed by atoms with E-state index < -0.39 is 10.0 Å². The van der Waals surface area contributed by atoms with E-state index >= 15 is 0 Å². The summed E-state index contributed by atoms with van der Waals surface area (Å²) < 4.78 is 27.6. The molecule has 5 nitrogen and oxygen atoms in total. The number of benzene rings is 1. The molecule has 0 radical (unpaired) electrons. The second-order valence-electron chi connectivity index (χ2n) is 7.29. The number of carbonyl (C=O) groups is 1. The number of aryl methyl sites for hydroxylation is 1. The summed E-state index contributed by atoms with van der Waals surface area (Å²) in [6.45, 7) is 5.33. The highest BCUT2D eigenvalue weighted by Gasteiger charge is 2.34. The Kier molecular flexibility index (Phi) is 6.81. The van der Waals surface area contributed by atoms with Crippen molar-refractivity contribution < 1.29 is 13.2 Å². The molecule has 1 N–H and O–H groups in total. The molecule has 2 heterocycles. The summed E-state index contributed by atoms with van der Waals surface area (Å²) in [7, 11) is -3.49. The van der Waals surface area contributed by atoms with E-state index in [0.29, 0.717) is 36.8 Å². The molecule has 2 aromatic rings. The minimum Gasteiger partial charge on any atom is -0.352 e. The summed E-state index contributed by atoms with van der Waals surface area (Å²) in [6.07, 6.45) is 1.36. The third kappa shape index (κ3) is 4.95. The molecule has 1 saturated heterocycles. The van der Waals surface area contributed by atoms with Crippen molar-refractivity contribution in [2.45, 2.75) is 37.4 Å². The van der Waals surface area contributed by atoms with Gasteiger partial charge in [0.2, 0.25) is 5.91 Å². The minimum atomic E-state index is -3.49. The molecule has 28 heavy (non-hydrogen) atoms. The molecule has 0 bridgehead atoms. The first-order chi connectivity index (χ1) is 13.3. The van der Waals surface area contributed by atoms with Gasteiger partial charge in [-0.3, -0.25) is 4.79 Å². The van der Waals surface area contributed by atoms with Crippen LogP contribution in [0.1, 0.15) is 30.9 Å². The lowest BCUT2D eigenvalue weighted by atomic mass is 9.85. The molecule has 1 aliphatic rings. The zero-order chi connectivity index (χ0) is 20.3. The highest BCUT2D eigenvalue weighted by Crippen LogP contribution is 2.32. The number of rotatable bonds is 6. The van der Waals surface area contributed by atoms with Crippen molar-refractivity contribution in [3.05, 3.63) is 51.9 Å². The van der Waals surface area contributed by atoms with E-state index in [9.17, 15) is 13.2 Å². The van der Waals surface area contributed by atoms with Gasteiger partial charge in [-0.1, -0.05) is 48.4 Å². The Hall–Kier alpha value is -1.41. The molecule has 1 fully saturated rings. The van der Waals surface area contributed by atoms with Crippen LogP contribution in [-0.4, -0.2) is 31.7 Å². The van der Waals surface area contributed by atoms with Crippen LogP contribution in [-0.2, 0) is 21.4 Å². The number of carbonyl (C=O) groups excluding carboxylic acids is 1. The number of halogens is 1. The Morgan fingerprint density at radius 3 is 2.43 bits per heavy atom. The fourth-order valence-electron chi connectivity index (χ4n) is 3.45. The van der Waals surface area contributed by atoms with E-state index in [1.54, 1.807) is 12.1 Å². The first-order valence-electron chi connectivity index (χ1n) is 9.36. The Labute approximate surface area is 175 Å². The van der Waals surface area contributed by atoms with E-state index in [0.717, 1.165) is 16.9 Å². The van der Waals surface area contributed by atoms with Gasteiger partial charge in [-0.2, -0.15) is 4.31 Å². The highest BCUT2D eigenvalue weighted by atomic mass is 35.5. The zero-order valence-corrected chi connectivity index (χ0v) is 18.4. The topological polar surface area (TPSA) is 66.5 Å². The summed E-state index contributed by atoms with van der Waals surface area (Å²) in [5, 5.41) is 3.00. The van der Waals surface area contributed by atoms with Gasteiger partial charge in [0.15, 0.2) is 0 Å². The quantitative estimate of drug-likeness (QED) is 0.736. The molecular formula is C20H25ClN2O3S2. The summed E-state index contributed by atoms with van der Waals surface area (Å²) in [5.41, 5.74) is 2.26. The van der Waals surface area contributed by atoms with Gasteiger partial charge < -0.3 is 5.32 Å². The fraction of sp³-hybridized carbons (Fsp3) is 0.450. The van der Waals surface area contributed by atoms with Crippen LogP contribution >= 0.6 is 22.9 Å². The van der Waals surface area contributed by atoms with E-state index in [1.165, 1.54) is 9.87 Å². The van der Waals surface area contributed by atoms with Crippen molar-refractivity contribution in [3.8, 4) is 0 Å². The molecule has 0 aliphatic carbocycles. The second kappa shape index (κ2) is 8.95. The molecule has 1 amide bonds. The molecule has 152 valence electrons. The summed E-state index contributed by atoms with van der Waals surface area (Å²) >= 11 is 6.96. The molecule has 1 atom stereocenters. The maximum atomic E-state index is 12.7. The molecular weight excluding hydrogens is 416 g/mol. The van der Waals surface area contributed by atoms with Crippen molar-refractivity contribution in [3.63, 3.8) is 0 Å². The molecule has 1 aromatic carbocycles. The van der Waals surface area contributed by atoms with Crippen LogP contribution in [0.2, 0.25) is 4.34 Å². The van der Waals surface area contributed by atoms with Gasteiger partial charge in [-0.15, -0.1) is 11.3 Å². The van der Waals surface area contributed by atoms with Gasteiger partial charge in [0.25, 0.3) is 10.0 Å². The van der Waals surface area contributed by atoms with Crippen LogP contribution in [0.5, 0.6) is 0 Å². The number of nitrogens with one attached hydrogen (secondary N) is 1. The molecule has 0 unspecified atom stereocenters. The lowest BCUT2D eigenvalue weighted by Gasteiger charge is -2.33. The third-order valence-electron chi connectivity index (χ3n) is 5.35. The van der Waals surface area contributed by atoms with Gasteiger partial charge >= 0.3 is 0 Å². The van der Waals surface area contributed by atoms with Crippen LogP contribution in [0.25, 0.3) is 0 Å². The Morgan fingerprint density at radius 1 is 1.21 bits per heavy atom. The Bertz CT molecular complexity index is 917. The monoisotopic (exact) mass is 440 g/mol. The first-order valence-corrected chi connectivity index (χ1v) is 12.0. The normalized spacial score (nSPS) is 17.4. The number of piperidine rings is 1. The minimum absolute atomic E-state index is 0.0203. The second-order valence-corrected chi connectivity index (χ2v) is 11.2. The first kappa shape index (κ1) is 21.3. The van der Waals surface area contributed by atoms with Gasteiger partial charge in [-0.05, 0) is 43.4 Å². The van der Waals surface area contributed by atoms with Crippen LogP contribution < -0.4 is 5.32 Å². The summed E-state index contributed by atoms with van der Waals surface area (Å²) in [4.78, 5) is 12.5. The number of nitrogens with zero attached hydrogens (tertiary/aromatic N) is 1. The number of thiophene rings is 1. The molecule has 1 aliphatic heterocycles. The number of hydrogen-bond donors (Lipinski definition) is 1. The van der Waals surface area contributed by atoms with Gasteiger partial charge in [0, 0.05) is 25.6 Å². The maximum Gasteiger partial charge on any atom is 0.252 e. The predicted octanol–water partition coefficient (Wildman–Crippen LogP) is 4.06. The van der Waals surface area contributed by atoms with Crippen LogP contribution in [0.15, 0.2) is 40.6 Å². The Balaban J connectivity index is 1.52. The van der Waals surface area contributed by atoms with E-state index in [1.807, 2.05) is 38.1 Å². The van der Waals surface area contributed by atoms with E-state index in [-0.39, 0.29) is 22.0 Å². The molecule has 0 spiro atoms.